The first-order chi connectivity index (χ1) is 9.38. The van der Waals surface area contributed by atoms with Crippen LogP contribution in [0, 0.1) is 5.92 Å². The van der Waals surface area contributed by atoms with E-state index >= 15 is 0 Å². The van der Waals surface area contributed by atoms with Gasteiger partial charge in [-0.1, -0.05) is 0 Å². The van der Waals surface area contributed by atoms with Crippen molar-refractivity contribution in [1.29, 1.82) is 0 Å². The first-order valence-corrected chi connectivity index (χ1v) is 7.56. The molecular weight excluding hydrogens is 324 g/mol. The lowest BCUT2D eigenvalue weighted by Crippen LogP contribution is -2.31. The van der Waals surface area contributed by atoms with Gasteiger partial charge in [-0.3, -0.25) is 9.59 Å². The molecule has 0 saturated carbocycles. The summed E-state index contributed by atoms with van der Waals surface area (Å²) < 4.78 is 2.83. The minimum atomic E-state index is -0.794. The highest BCUT2D eigenvalue weighted by Crippen LogP contribution is 2.25. The second kappa shape index (κ2) is 5.99. The standard InChI is InChI=1S/C14H19BrN2O3/c1-9(2)17-8-11(15)6-12(17)14(20)16-4-3-10(7-16)5-13(18)19/h6,8-10H,3-5,7H2,1-2H3,(H,18,19). The minimum absolute atomic E-state index is 0.0164. The van der Waals surface area contributed by atoms with Gasteiger partial charge in [-0.25, -0.2) is 0 Å². The van der Waals surface area contributed by atoms with Crippen molar-refractivity contribution in [1.82, 2.24) is 9.47 Å². The number of aromatic nitrogens is 1. The van der Waals surface area contributed by atoms with Crippen molar-refractivity contribution in [3.05, 3.63) is 22.4 Å². The van der Waals surface area contributed by atoms with Crippen molar-refractivity contribution in [2.24, 2.45) is 5.92 Å². The van der Waals surface area contributed by atoms with Crippen LogP contribution in [0.3, 0.4) is 0 Å². The number of nitrogens with zero attached hydrogens (tertiary/aromatic N) is 2. The van der Waals surface area contributed by atoms with Crippen LogP contribution < -0.4 is 0 Å². The SMILES string of the molecule is CC(C)n1cc(Br)cc1C(=O)N1CCC(CC(=O)O)C1. The van der Waals surface area contributed by atoms with Crippen molar-refractivity contribution in [3.63, 3.8) is 0 Å². The van der Waals surface area contributed by atoms with Crippen LogP contribution >= 0.6 is 15.9 Å². The fourth-order valence-corrected chi connectivity index (χ4v) is 3.07. The van der Waals surface area contributed by atoms with Crippen LogP contribution in [0.5, 0.6) is 0 Å². The largest absolute Gasteiger partial charge is 0.481 e. The maximum Gasteiger partial charge on any atom is 0.303 e. The quantitative estimate of drug-likeness (QED) is 0.914. The number of carbonyl (C=O) groups is 2. The highest BCUT2D eigenvalue weighted by atomic mass is 79.9. The molecule has 1 atom stereocenters. The summed E-state index contributed by atoms with van der Waals surface area (Å²) >= 11 is 3.40. The van der Waals surface area contributed by atoms with E-state index in [4.69, 9.17) is 5.11 Å². The van der Waals surface area contributed by atoms with Crippen molar-refractivity contribution >= 4 is 27.8 Å². The zero-order valence-corrected chi connectivity index (χ0v) is 13.3. The van der Waals surface area contributed by atoms with E-state index in [1.165, 1.54) is 0 Å². The zero-order valence-electron chi connectivity index (χ0n) is 11.7. The van der Waals surface area contributed by atoms with Gasteiger partial charge < -0.3 is 14.6 Å². The Kier molecular flexibility index (Phi) is 4.52. The molecular formula is C14H19BrN2O3. The lowest BCUT2D eigenvalue weighted by molar-refractivity contribution is -0.138. The van der Waals surface area contributed by atoms with Crippen LogP contribution in [-0.2, 0) is 4.79 Å². The van der Waals surface area contributed by atoms with E-state index in [0.717, 1.165) is 10.9 Å². The second-order valence-electron chi connectivity index (χ2n) is 5.55. The van der Waals surface area contributed by atoms with Gasteiger partial charge in [0.05, 0.1) is 0 Å². The van der Waals surface area contributed by atoms with Crippen LogP contribution in [0.25, 0.3) is 0 Å². The topological polar surface area (TPSA) is 62.5 Å². The number of hydrogen-bond acceptors (Lipinski definition) is 2. The molecule has 0 radical (unpaired) electrons. The van der Waals surface area contributed by atoms with Gasteiger partial charge >= 0.3 is 5.97 Å². The smallest absolute Gasteiger partial charge is 0.303 e. The molecule has 1 saturated heterocycles. The Hall–Kier alpha value is -1.30. The Bertz CT molecular complexity index is 524. The number of halogens is 1. The second-order valence-corrected chi connectivity index (χ2v) is 6.46. The third kappa shape index (κ3) is 3.23. The van der Waals surface area contributed by atoms with Gasteiger partial charge in [-0.05, 0) is 48.2 Å². The monoisotopic (exact) mass is 342 g/mol. The van der Waals surface area contributed by atoms with Crippen LogP contribution in [0.15, 0.2) is 16.7 Å². The van der Waals surface area contributed by atoms with Gasteiger partial charge in [-0.15, -0.1) is 0 Å². The van der Waals surface area contributed by atoms with Crippen molar-refractivity contribution < 1.29 is 14.7 Å². The van der Waals surface area contributed by atoms with Crippen LogP contribution in [0.4, 0.5) is 0 Å². The Labute approximate surface area is 126 Å². The number of carbonyl (C=O) groups excluding carboxylic acids is 1. The summed E-state index contributed by atoms with van der Waals surface area (Å²) in [6, 6.07) is 2.03. The molecule has 5 nitrogen and oxygen atoms in total. The van der Waals surface area contributed by atoms with E-state index in [9.17, 15) is 9.59 Å². The van der Waals surface area contributed by atoms with E-state index in [-0.39, 0.29) is 24.3 Å². The minimum Gasteiger partial charge on any atom is -0.481 e. The van der Waals surface area contributed by atoms with Gasteiger partial charge in [0.25, 0.3) is 5.91 Å². The summed E-state index contributed by atoms with van der Waals surface area (Å²) in [7, 11) is 0. The number of rotatable bonds is 4. The highest BCUT2D eigenvalue weighted by Gasteiger charge is 2.30. The lowest BCUT2D eigenvalue weighted by Gasteiger charge is -2.19. The number of carboxylic acid groups (broad SMARTS) is 1. The molecule has 0 bridgehead atoms. The van der Waals surface area contributed by atoms with Crippen molar-refractivity contribution in [2.75, 3.05) is 13.1 Å². The van der Waals surface area contributed by atoms with Gasteiger partial charge in [0, 0.05) is 36.2 Å². The summed E-state index contributed by atoms with van der Waals surface area (Å²) in [5, 5.41) is 8.82. The molecule has 20 heavy (non-hydrogen) atoms. The van der Waals surface area contributed by atoms with Gasteiger partial charge in [0.1, 0.15) is 5.69 Å². The molecule has 1 fully saturated rings. The fourth-order valence-electron chi connectivity index (χ4n) is 2.64. The average Bonchev–Trinajstić information content (AvgIpc) is 2.94. The summed E-state index contributed by atoms with van der Waals surface area (Å²) in [5.41, 5.74) is 0.655. The van der Waals surface area contributed by atoms with Crippen molar-refractivity contribution in [2.45, 2.75) is 32.7 Å². The molecule has 110 valence electrons. The molecule has 6 heteroatoms. The summed E-state index contributed by atoms with van der Waals surface area (Å²) in [6.45, 7) is 5.23. The third-order valence-electron chi connectivity index (χ3n) is 3.63. The highest BCUT2D eigenvalue weighted by molar-refractivity contribution is 9.10. The molecule has 1 unspecified atom stereocenters. The first-order valence-electron chi connectivity index (χ1n) is 6.77. The van der Waals surface area contributed by atoms with E-state index in [2.05, 4.69) is 15.9 Å². The molecule has 0 aliphatic carbocycles. The molecule has 0 aromatic carbocycles. The molecule has 1 amide bonds. The molecule has 0 spiro atoms. The van der Waals surface area contributed by atoms with Gasteiger partial charge in [0.15, 0.2) is 0 Å². The van der Waals surface area contributed by atoms with Gasteiger partial charge in [-0.2, -0.15) is 0 Å². The van der Waals surface area contributed by atoms with E-state index in [1.54, 1.807) is 4.90 Å². The van der Waals surface area contributed by atoms with Crippen LogP contribution in [-0.4, -0.2) is 39.5 Å². The first kappa shape index (κ1) is 15.1. The maximum absolute atomic E-state index is 12.6. The predicted molar refractivity (Wildman–Crippen MR) is 78.8 cm³/mol. The van der Waals surface area contributed by atoms with Crippen LogP contribution in [0.1, 0.15) is 43.2 Å². The predicted octanol–water partition coefficient (Wildman–Crippen LogP) is 2.77. The van der Waals surface area contributed by atoms with Crippen LogP contribution in [0.2, 0.25) is 0 Å². The Morgan fingerprint density at radius 3 is 2.80 bits per heavy atom. The summed E-state index contributed by atoms with van der Waals surface area (Å²) in [5.74, 6) is -0.739. The van der Waals surface area contributed by atoms with Gasteiger partial charge in [0.2, 0.25) is 0 Å². The Morgan fingerprint density at radius 1 is 1.50 bits per heavy atom. The molecule has 1 aliphatic heterocycles. The summed E-state index contributed by atoms with van der Waals surface area (Å²) in [4.78, 5) is 25.0. The van der Waals surface area contributed by atoms with E-state index in [1.807, 2.05) is 30.7 Å². The molecule has 2 heterocycles. The molecule has 1 aliphatic rings. The Balaban J connectivity index is 2.11. The lowest BCUT2D eigenvalue weighted by atomic mass is 10.1. The molecule has 1 aromatic rings. The molecule has 1 aromatic heterocycles. The number of likely N-dealkylation sites (tertiary alicyclic amines) is 1. The number of hydrogen-bond donors (Lipinski definition) is 1. The fraction of sp³-hybridized carbons (Fsp3) is 0.571. The maximum atomic E-state index is 12.6. The number of amides is 1. The number of aliphatic carboxylic acids is 1. The zero-order chi connectivity index (χ0) is 14.9. The van der Waals surface area contributed by atoms with E-state index < -0.39 is 5.97 Å². The van der Waals surface area contributed by atoms with E-state index in [0.29, 0.717) is 18.8 Å². The average molecular weight is 343 g/mol. The summed E-state index contributed by atoms with van der Waals surface area (Å²) in [6.07, 6.45) is 2.81. The third-order valence-corrected chi connectivity index (χ3v) is 4.06. The van der Waals surface area contributed by atoms with Crippen molar-refractivity contribution in [3.8, 4) is 0 Å². The number of carboxylic acids is 1. The molecule has 1 N–H and O–H groups in total. The normalized spacial score (nSPS) is 18.8. The molecule has 2 rings (SSSR count). The Morgan fingerprint density at radius 2 is 2.20 bits per heavy atom.